The van der Waals surface area contributed by atoms with Crippen LogP contribution in [-0.2, 0) is 6.42 Å². The summed E-state index contributed by atoms with van der Waals surface area (Å²) in [4.78, 5) is 21.9. The molecule has 2 aromatic carbocycles. The van der Waals surface area contributed by atoms with Gasteiger partial charge in [0.15, 0.2) is 0 Å². The number of hydrogen-bond donors (Lipinski definition) is 1. The molecule has 3 rings (SSSR count). The van der Waals surface area contributed by atoms with E-state index in [2.05, 4.69) is 26.1 Å². The zero-order valence-corrected chi connectivity index (χ0v) is 15.0. The second kappa shape index (κ2) is 7.44. The van der Waals surface area contributed by atoms with E-state index in [9.17, 15) is 9.59 Å². The number of carbonyl (C=O) groups is 1. The van der Waals surface area contributed by atoms with Crippen LogP contribution in [0.4, 0.5) is 0 Å². The summed E-state index contributed by atoms with van der Waals surface area (Å²) in [6, 6.07) is 14.3. The number of nitrogens with zero attached hydrogens (tertiary/aromatic N) is 1. The predicted octanol–water partition coefficient (Wildman–Crippen LogP) is 4.04. The topological polar surface area (TPSA) is 72.1 Å². The van der Waals surface area contributed by atoms with Crippen molar-refractivity contribution in [2.75, 3.05) is 0 Å². The maximum absolute atomic E-state index is 11.1. The smallest absolute Gasteiger partial charge is 0.264 e. The molecule has 25 heavy (non-hydrogen) atoms. The van der Waals surface area contributed by atoms with E-state index < -0.39 is 0 Å². The number of halogens is 1. The Morgan fingerprint density at radius 3 is 2.64 bits per heavy atom. The van der Waals surface area contributed by atoms with Crippen LogP contribution >= 0.6 is 15.9 Å². The number of aromatic amines is 1. The van der Waals surface area contributed by atoms with Crippen molar-refractivity contribution < 1.29 is 9.53 Å². The Hall–Kier alpha value is -2.73. The van der Waals surface area contributed by atoms with Gasteiger partial charge in [-0.1, -0.05) is 12.1 Å². The molecule has 126 valence electrons. The van der Waals surface area contributed by atoms with Gasteiger partial charge in [0.2, 0.25) is 0 Å². The van der Waals surface area contributed by atoms with Crippen molar-refractivity contribution in [3.05, 3.63) is 85.7 Å². The first-order valence-corrected chi connectivity index (χ1v) is 8.41. The van der Waals surface area contributed by atoms with Gasteiger partial charge < -0.3 is 4.74 Å². The third-order valence-corrected chi connectivity index (χ3v) is 4.31. The Kier molecular flexibility index (Phi) is 5.09. The molecule has 0 amide bonds. The number of aromatic nitrogens is 2. The molecule has 0 atom stereocenters. The lowest BCUT2D eigenvalue weighted by atomic mass is 10.1. The minimum atomic E-state index is -0.222. The average Bonchev–Trinajstić information content (AvgIpc) is 2.61. The molecule has 0 spiro atoms. The molecular weight excluding hydrogens is 384 g/mol. The molecular formula is C19H15BrN2O3. The van der Waals surface area contributed by atoms with Crippen molar-refractivity contribution in [1.29, 1.82) is 0 Å². The summed E-state index contributed by atoms with van der Waals surface area (Å²) in [6.07, 6.45) is 1.37. The Morgan fingerprint density at radius 1 is 1.12 bits per heavy atom. The second-order valence-electron chi connectivity index (χ2n) is 5.60. The zero-order chi connectivity index (χ0) is 17.8. The number of carbonyl (C=O) groups excluding carboxylic acids is 1. The summed E-state index contributed by atoms with van der Waals surface area (Å²) in [6.45, 7) is 1.96. The van der Waals surface area contributed by atoms with E-state index in [0.717, 1.165) is 28.9 Å². The van der Waals surface area contributed by atoms with E-state index in [-0.39, 0.29) is 5.56 Å². The lowest BCUT2D eigenvalue weighted by Gasteiger charge is -2.12. The normalized spacial score (nSPS) is 10.5. The van der Waals surface area contributed by atoms with Gasteiger partial charge in [0.05, 0.1) is 10.2 Å². The van der Waals surface area contributed by atoms with E-state index in [0.29, 0.717) is 22.2 Å². The molecule has 1 aromatic heterocycles. The quantitative estimate of drug-likeness (QED) is 0.658. The molecule has 0 bridgehead atoms. The highest BCUT2D eigenvalue weighted by Crippen LogP contribution is 2.32. The van der Waals surface area contributed by atoms with Gasteiger partial charge in [-0.25, -0.2) is 5.10 Å². The molecule has 0 aliphatic carbocycles. The number of aryl methyl sites for hydroxylation is 1. The Labute approximate surface area is 152 Å². The maximum atomic E-state index is 11.1. The van der Waals surface area contributed by atoms with Gasteiger partial charge in [0, 0.05) is 18.1 Å². The number of nitrogens with one attached hydrogen (secondary N) is 1. The van der Waals surface area contributed by atoms with Gasteiger partial charge >= 0.3 is 0 Å². The van der Waals surface area contributed by atoms with Crippen LogP contribution in [0.1, 0.15) is 27.2 Å². The molecule has 3 aromatic rings. The van der Waals surface area contributed by atoms with Crippen molar-refractivity contribution in [2.24, 2.45) is 0 Å². The van der Waals surface area contributed by atoms with Gasteiger partial charge in [-0.3, -0.25) is 9.59 Å². The third kappa shape index (κ3) is 4.22. The van der Waals surface area contributed by atoms with Crippen molar-refractivity contribution in [3.8, 4) is 11.5 Å². The Balaban J connectivity index is 1.85. The number of ether oxygens (including phenoxy) is 1. The third-order valence-electron chi connectivity index (χ3n) is 3.69. The summed E-state index contributed by atoms with van der Waals surface area (Å²) >= 11 is 3.42. The molecule has 0 radical (unpaired) electrons. The van der Waals surface area contributed by atoms with Crippen molar-refractivity contribution in [1.82, 2.24) is 10.2 Å². The van der Waals surface area contributed by atoms with E-state index in [1.165, 1.54) is 6.07 Å². The second-order valence-corrected chi connectivity index (χ2v) is 6.45. The fourth-order valence-corrected chi connectivity index (χ4v) is 2.81. The summed E-state index contributed by atoms with van der Waals surface area (Å²) in [5, 5.41) is 6.46. The summed E-state index contributed by atoms with van der Waals surface area (Å²) in [5.74, 6) is 1.36. The number of rotatable bonds is 5. The van der Waals surface area contributed by atoms with E-state index in [4.69, 9.17) is 4.74 Å². The molecule has 0 aliphatic heterocycles. The molecule has 1 heterocycles. The van der Waals surface area contributed by atoms with E-state index in [1.807, 2.05) is 25.1 Å². The highest BCUT2D eigenvalue weighted by molar-refractivity contribution is 9.10. The van der Waals surface area contributed by atoms with Crippen molar-refractivity contribution in [2.45, 2.75) is 13.3 Å². The largest absolute Gasteiger partial charge is 0.456 e. The zero-order valence-electron chi connectivity index (χ0n) is 13.5. The summed E-state index contributed by atoms with van der Waals surface area (Å²) < 4.78 is 6.71. The minimum Gasteiger partial charge on any atom is -0.456 e. The molecule has 1 N–H and O–H groups in total. The van der Waals surface area contributed by atoms with Crippen LogP contribution in [0.5, 0.6) is 11.5 Å². The van der Waals surface area contributed by atoms with Gasteiger partial charge in [-0.05, 0) is 64.3 Å². The SMILES string of the molecule is Cc1ccc(Cc2ccc(=O)[nH]n2)cc1Oc1ccc(C=O)cc1Br. The fraction of sp³-hybridized carbons (Fsp3) is 0.105. The summed E-state index contributed by atoms with van der Waals surface area (Å²) in [7, 11) is 0. The Bertz CT molecular complexity index is 962. The highest BCUT2D eigenvalue weighted by atomic mass is 79.9. The minimum absolute atomic E-state index is 0.222. The number of hydrogen-bond acceptors (Lipinski definition) is 4. The van der Waals surface area contributed by atoms with Gasteiger partial charge in [0.1, 0.15) is 17.8 Å². The van der Waals surface area contributed by atoms with Crippen LogP contribution in [-0.4, -0.2) is 16.5 Å². The molecule has 0 saturated carbocycles. The standard InChI is InChI=1S/C19H15BrN2O3/c1-12-2-3-13(8-15-5-7-19(24)22-21-15)10-18(12)25-17-6-4-14(11-23)9-16(17)20/h2-7,9-11H,8H2,1H3,(H,22,24). The van der Waals surface area contributed by atoms with Crippen LogP contribution in [0, 0.1) is 6.92 Å². The fourth-order valence-electron chi connectivity index (χ4n) is 2.34. The number of benzene rings is 2. The van der Waals surface area contributed by atoms with E-state index >= 15 is 0 Å². The first-order valence-electron chi connectivity index (χ1n) is 7.62. The molecule has 0 saturated heterocycles. The first kappa shape index (κ1) is 17.1. The van der Waals surface area contributed by atoms with Crippen molar-refractivity contribution in [3.63, 3.8) is 0 Å². The molecule has 0 fully saturated rings. The van der Waals surface area contributed by atoms with Crippen LogP contribution in [0.3, 0.4) is 0 Å². The molecule has 0 unspecified atom stereocenters. The maximum Gasteiger partial charge on any atom is 0.264 e. The lowest BCUT2D eigenvalue weighted by Crippen LogP contribution is -2.07. The summed E-state index contributed by atoms with van der Waals surface area (Å²) in [5.41, 5.74) is 3.13. The van der Waals surface area contributed by atoms with Crippen LogP contribution in [0.25, 0.3) is 0 Å². The molecule has 5 nitrogen and oxygen atoms in total. The van der Waals surface area contributed by atoms with Crippen LogP contribution < -0.4 is 10.3 Å². The monoisotopic (exact) mass is 398 g/mol. The first-order chi connectivity index (χ1) is 12.0. The Morgan fingerprint density at radius 2 is 1.96 bits per heavy atom. The predicted molar refractivity (Wildman–Crippen MR) is 98.4 cm³/mol. The average molecular weight is 399 g/mol. The van der Waals surface area contributed by atoms with Crippen molar-refractivity contribution >= 4 is 22.2 Å². The van der Waals surface area contributed by atoms with Gasteiger partial charge in [-0.2, -0.15) is 5.10 Å². The molecule has 0 aliphatic rings. The van der Waals surface area contributed by atoms with Crippen LogP contribution in [0.15, 0.2) is 57.8 Å². The van der Waals surface area contributed by atoms with Gasteiger partial charge in [-0.15, -0.1) is 0 Å². The van der Waals surface area contributed by atoms with E-state index in [1.54, 1.807) is 24.3 Å². The molecule has 6 heteroatoms. The highest BCUT2D eigenvalue weighted by Gasteiger charge is 2.08. The van der Waals surface area contributed by atoms with Crippen LogP contribution in [0.2, 0.25) is 0 Å². The lowest BCUT2D eigenvalue weighted by molar-refractivity contribution is 0.112. The van der Waals surface area contributed by atoms with Gasteiger partial charge in [0.25, 0.3) is 5.56 Å². The number of aldehydes is 1. The number of H-pyrrole nitrogens is 1.